The molecule has 5 aliphatic rings. The van der Waals surface area contributed by atoms with E-state index in [1.807, 2.05) is 36.1 Å². The van der Waals surface area contributed by atoms with Crippen molar-refractivity contribution in [2.45, 2.75) is 58.3 Å². The molecule has 0 spiro atoms. The Labute approximate surface area is 197 Å². The molecule has 0 radical (unpaired) electrons. The number of para-hydroxylation sites is 2. The van der Waals surface area contributed by atoms with Crippen LogP contribution in [0.5, 0.6) is 11.5 Å². The van der Waals surface area contributed by atoms with E-state index in [0.717, 1.165) is 48.5 Å². The van der Waals surface area contributed by atoms with Crippen molar-refractivity contribution in [3.63, 3.8) is 0 Å². The van der Waals surface area contributed by atoms with E-state index in [4.69, 9.17) is 9.47 Å². The fourth-order valence-corrected chi connectivity index (χ4v) is 7.27. The highest BCUT2D eigenvalue weighted by Gasteiger charge is 2.55. The van der Waals surface area contributed by atoms with Gasteiger partial charge in [0.05, 0.1) is 18.6 Å². The fourth-order valence-electron chi connectivity index (χ4n) is 7.27. The number of ether oxygens (including phenoxy) is 2. The number of rotatable bonds is 8. The topological polar surface area (TPSA) is 59.1 Å². The zero-order valence-electron chi connectivity index (χ0n) is 20.0. The van der Waals surface area contributed by atoms with Crippen molar-refractivity contribution in [2.75, 3.05) is 39.4 Å². The molecule has 4 saturated carbocycles. The van der Waals surface area contributed by atoms with Gasteiger partial charge in [-0.1, -0.05) is 12.1 Å². The number of hydrogen-bond acceptors (Lipinski definition) is 4. The van der Waals surface area contributed by atoms with Crippen LogP contribution in [0.3, 0.4) is 0 Å². The number of benzene rings is 1. The van der Waals surface area contributed by atoms with Gasteiger partial charge in [0.1, 0.15) is 0 Å². The first kappa shape index (κ1) is 22.5. The first-order chi connectivity index (χ1) is 16.1. The normalized spacial score (nSPS) is 30.4. The molecule has 0 aromatic heterocycles. The zero-order valence-corrected chi connectivity index (χ0v) is 20.0. The zero-order chi connectivity index (χ0) is 22.8. The molecule has 4 aliphatic carbocycles. The minimum Gasteiger partial charge on any atom is -0.490 e. The summed E-state index contributed by atoms with van der Waals surface area (Å²) in [5.74, 6) is 4.38. The molecule has 6 rings (SSSR count). The summed E-state index contributed by atoms with van der Waals surface area (Å²) < 4.78 is 11.4. The molecule has 0 N–H and O–H groups in total. The standard InChI is InChI=1S/C27H38N2O4/c1-2-32-23-6-3-4-7-24(23)33-13-5-8-25(30)28-9-11-29(12-10-28)26(31)27-17-20-14-21(18-27)16-22(15-20)19-27/h3-4,6-7,20-22H,2,5,8-19H2,1H3. The highest BCUT2D eigenvalue weighted by Crippen LogP contribution is 2.60. The second-order valence-electron chi connectivity index (χ2n) is 10.7. The third-order valence-electron chi connectivity index (χ3n) is 8.35. The number of piperazine rings is 1. The lowest BCUT2D eigenvalue weighted by Gasteiger charge is -2.57. The molecule has 0 atom stereocenters. The number of hydrogen-bond donors (Lipinski definition) is 0. The second-order valence-corrected chi connectivity index (χ2v) is 10.7. The third-order valence-corrected chi connectivity index (χ3v) is 8.35. The van der Waals surface area contributed by atoms with Crippen LogP contribution in [0.4, 0.5) is 0 Å². The largest absolute Gasteiger partial charge is 0.490 e. The molecule has 2 amide bonds. The summed E-state index contributed by atoms with van der Waals surface area (Å²) in [6.07, 6.45) is 8.56. The molecular formula is C27H38N2O4. The van der Waals surface area contributed by atoms with E-state index in [1.54, 1.807) is 0 Å². The van der Waals surface area contributed by atoms with E-state index < -0.39 is 0 Å². The molecule has 6 nitrogen and oxygen atoms in total. The van der Waals surface area contributed by atoms with E-state index in [-0.39, 0.29) is 11.3 Å². The maximum absolute atomic E-state index is 13.5. The summed E-state index contributed by atoms with van der Waals surface area (Å²) in [7, 11) is 0. The van der Waals surface area contributed by atoms with Crippen LogP contribution >= 0.6 is 0 Å². The van der Waals surface area contributed by atoms with Gasteiger partial charge in [0.25, 0.3) is 0 Å². The quantitative estimate of drug-likeness (QED) is 0.554. The maximum Gasteiger partial charge on any atom is 0.228 e. The molecular weight excluding hydrogens is 416 g/mol. The molecule has 4 bridgehead atoms. The lowest BCUT2D eigenvalue weighted by atomic mass is 9.49. The van der Waals surface area contributed by atoms with Crippen LogP contribution in [0.1, 0.15) is 58.3 Å². The molecule has 1 aromatic carbocycles. The van der Waals surface area contributed by atoms with Crippen LogP contribution < -0.4 is 9.47 Å². The van der Waals surface area contributed by atoms with Crippen molar-refractivity contribution < 1.29 is 19.1 Å². The first-order valence-electron chi connectivity index (χ1n) is 13.0. The monoisotopic (exact) mass is 454 g/mol. The van der Waals surface area contributed by atoms with E-state index >= 15 is 0 Å². The lowest BCUT2D eigenvalue weighted by molar-refractivity contribution is -0.160. The summed E-state index contributed by atoms with van der Waals surface area (Å²) in [6.45, 7) is 5.72. The van der Waals surface area contributed by atoms with E-state index in [0.29, 0.717) is 58.1 Å². The van der Waals surface area contributed by atoms with Crippen molar-refractivity contribution in [2.24, 2.45) is 23.2 Å². The Hall–Kier alpha value is -2.24. The summed E-state index contributed by atoms with van der Waals surface area (Å²) in [6, 6.07) is 7.64. The lowest BCUT2D eigenvalue weighted by Crippen LogP contribution is -2.58. The Morgan fingerprint density at radius 1 is 0.879 bits per heavy atom. The minimum absolute atomic E-state index is 0.0734. The fraction of sp³-hybridized carbons (Fsp3) is 0.704. The van der Waals surface area contributed by atoms with Crippen molar-refractivity contribution >= 4 is 11.8 Å². The van der Waals surface area contributed by atoms with E-state index in [1.165, 1.54) is 19.3 Å². The van der Waals surface area contributed by atoms with Gasteiger partial charge in [0.2, 0.25) is 11.8 Å². The van der Waals surface area contributed by atoms with Gasteiger partial charge in [-0.15, -0.1) is 0 Å². The Morgan fingerprint density at radius 2 is 1.42 bits per heavy atom. The van der Waals surface area contributed by atoms with Crippen LogP contribution in [0.2, 0.25) is 0 Å². The Kier molecular flexibility index (Phi) is 6.53. The number of amides is 2. The van der Waals surface area contributed by atoms with Gasteiger partial charge in [0, 0.05) is 32.6 Å². The van der Waals surface area contributed by atoms with Crippen molar-refractivity contribution in [3.8, 4) is 11.5 Å². The summed E-state index contributed by atoms with van der Waals surface area (Å²) in [5.41, 5.74) is -0.0734. The molecule has 5 fully saturated rings. The van der Waals surface area contributed by atoms with Gasteiger partial charge in [-0.3, -0.25) is 9.59 Å². The van der Waals surface area contributed by atoms with Gasteiger partial charge in [-0.25, -0.2) is 0 Å². The second kappa shape index (κ2) is 9.55. The third kappa shape index (κ3) is 4.71. The molecule has 1 heterocycles. The van der Waals surface area contributed by atoms with Crippen LogP contribution in [0, 0.1) is 23.2 Å². The Bertz CT molecular complexity index is 826. The van der Waals surface area contributed by atoms with Crippen LogP contribution in [-0.2, 0) is 9.59 Å². The average Bonchev–Trinajstić information content (AvgIpc) is 2.81. The molecule has 0 unspecified atom stereocenters. The minimum atomic E-state index is -0.0734. The Balaban J connectivity index is 1.06. The smallest absolute Gasteiger partial charge is 0.228 e. The van der Waals surface area contributed by atoms with E-state index in [2.05, 4.69) is 4.90 Å². The molecule has 180 valence electrons. The molecule has 33 heavy (non-hydrogen) atoms. The van der Waals surface area contributed by atoms with Crippen LogP contribution in [0.25, 0.3) is 0 Å². The SMILES string of the molecule is CCOc1ccccc1OCCCC(=O)N1CCN(C(=O)C23CC4CC(CC(C4)C2)C3)CC1. The highest BCUT2D eigenvalue weighted by molar-refractivity contribution is 5.84. The van der Waals surface area contributed by atoms with Gasteiger partial charge < -0.3 is 19.3 Å². The summed E-state index contributed by atoms with van der Waals surface area (Å²) in [4.78, 5) is 30.3. The summed E-state index contributed by atoms with van der Waals surface area (Å²) in [5, 5.41) is 0. The van der Waals surface area contributed by atoms with Crippen LogP contribution in [-0.4, -0.2) is 61.0 Å². The predicted octanol–water partition coefficient (Wildman–Crippen LogP) is 4.13. The van der Waals surface area contributed by atoms with Gasteiger partial charge >= 0.3 is 0 Å². The number of nitrogens with zero attached hydrogens (tertiary/aromatic N) is 2. The maximum atomic E-state index is 13.5. The predicted molar refractivity (Wildman–Crippen MR) is 126 cm³/mol. The molecule has 1 aliphatic heterocycles. The molecule has 1 saturated heterocycles. The molecule has 6 heteroatoms. The first-order valence-corrected chi connectivity index (χ1v) is 13.0. The van der Waals surface area contributed by atoms with Gasteiger partial charge in [0.15, 0.2) is 11.5 Å². The average molecular weight is 455 g/mol. The van der Waals surface area contributed by atoms with Crippen molar-refractivity contribution in [3.05, 3.63) is 24.3 Å². The van der Waals surface area contributed by atoms with Crippen molar-refractivity contribution in [1.82, 2.24) is 9.80 Å². The van der Waals surface area contributed by atoms with Crippen LogP contribution in [0.15, 0.2) is 24.3 Å². The number of carbonyl (C=O) groups is 2. The van der Waals surface area contributed by atoms with Crippen molar-refractivity contribution in [1.29, 1.82) is 0 Å². The highest BCUT2D eigenvalue weighted by atomic mass is 16.5. The van der Waals surface area contributed by atoms with Gasteiger partial charge in [-0.2, -0.15) is 0 Å². The molecule has 1 aromatic rings. The van der Waals surface area contributed by atoms with Gasteiger partial charge in [-0.05, 0) is 81.8 Å². The van der Waals surface area contributed by atoms with E-state index in [9.17, 15) is 9.59 Å². The summed E-state index contributed by atoms with van der Waals surface area (Å²) >= 11 is 0. The Morgan fingerprint density at radius 3 is 2.00 bits per heavy atom. The number of carbonyl (C=O) groups excluding carboxylic acids is 2.